The maximum atomic E-state index is 11.3. The van der Waals surface area contributed by atoms with Gasteiger partial charge in [0.1, 0.15) is 5.15 Å². The van der Waals surface area contributed by atoms with Crippen LogP contribution in [-0.2, 0) is 11.3 Å². The number of nitrogens with one attached hydrogen (secondary N) is 1. The highest BCUT2D eigenvalue weighted by molar-refractivity contribution is 6.29. The summed E-state index contributed by atoms with van der Waals surface area (Å²) in [6, 6.07) is 3.67. The van der Waals surface area contributed by atoms with E-state index in [2.05, 4.69) is 10.3 Å². The van der Waals surface area contributed by atoms with Crippen molar-refractivity contribution in [1.82, 2.24) is 15.2 Å². The summed E-state index contributed by atoms with van der Waals surface area (Å²) in [5.74, 6) is 0.127. The Morgan fingerprint density at radius 1 is 1.50 bits per heavy atom. The first-order chi connectivity index (χ1) is 7.59. The van der Waals surface area contributed by atoms with Crippen molar-refractivity contribution in [2.75, 3.05) is 20.6 Å². The monoisotopic (exact) mass is 241 g/mol. The second kappa shape index (κ2) is 6.45. The Bertz CT molecular complexity index is 338. The molecule has 0 saturated carbocycles. The lowest BCUT2D eigenvalue weighted by atomic mass is 10.3. The summed E-state index contributed by atoms with van der Waals surface area (Å²) < 4.78 is 0. The molecule has 0 saturated heterocycles. The van der Waals surface area contributed by atoms with E-state index in [1.807, 2.05) is 6.07 Å². The number of rotatable bonds is 5. The van der Waals surface area contributed by atoms with Crippen LogP contribution in [0.4, 0.5) is 0 Å². The average Bonchev–Trinajstić information content (AvgIpc) is 2.26. The number of amides is 1. The van der Waals surface area contributed by atoms with Crippen molar-refractivity contribution in [3.8, 4) is 0 Å². The van der Waals surface area contributed by atoms with Crippen LogP contribution in [0.3, 0.4) is 0 Å². The molecule has 0 atom stereocenters. The zero-order valence-electron chi connectivity index (χ0n) is 9.53. The first-order valence-electron chi connectivity index (χ1n) is 5.11. The normalized spacial score (nSPS) is 10.2. The predicted octanol–water partition coefficient (Wildman–Crippen LogP) is 1.30. The van der Waals surface area contributed by atoms with Crippen molar-refractivity contribution in [2.45, 2.75) is 13.0 Å². The van der Waals surface area contributed by atoms with Crippen molar-refractivity contribution in [3.05, 3.63) is 29.0 Å². The molecule has 1 aromatic rings. The maximum Gasteiger partial charge on any atom is 0.223 e. The predicted molar refractivity (Wildman–Crippen MR) is 64.3 cm³/mol. The Morgan fingerprint density at radius 2 is 2.25 bits per heavy atom. The fourth-order valence-electron chi connectivity index (χ4n) is 1.16. The Kier molecular flexibility index (Phi) is 5.22. The van der Waals surface area contributed by atoms with E-state index in [-0.39, 0.29) is 5.91 Å². The second-order valence-corrected chi connectivity index (χ2v) is 4.09. The fraction of sp³-hybridized carbons (Fsp3) is 0.455. The number of hydrogen-bond acceptors (Lipinski definition) is 3. The van der Waals surface area contributed by atoms with Crippen LogP contribution >= 0.6 is 11.6 Å². The number of halogens is 1. The first-order valence-corrected chi connectivity index (χ1v) is 5.48. The summed E-state index contributed by atoms with van der Waals surface area (Å²) in [5.41, 5.74) is 1.06. The third-order valence-corrected chi connectivity index (χ3v) is 2.36. The van der Waals surface area contributed by atoms with Gasteiger partial charge in [0.25, 0.3) is 0 Å². The van der Waals surface area contributed by atoms with Crippen LogP contribution in [0, 0.1) is 0 Å². The van der Waals surface area contributed by atoms with Crippen molar-refractivity contribution in [3.63, 3.8) is 0 Å². The second-order valence-electron chi connectivity index (χ2n) is 3.70. The van der Waals surface area contributed by atoms with E-state index >= 15 is 0 Å². The van der Waals surface area contributed by atoms with Crippen LogP contribution in [0.2, 0.25) is 5.15 Å². The highest BCUT2D eigenvalue weighted by atomic mass is 35.5. The fourth-order valence-corrected chi connectivity index (χ4v) is 1.27. The van der Waals surface area contributed by atoms with Gasteiger partial charge >= 0.3 is 0 Å². The number of carbonyl (C=O) groups is 1. The summed E-state index contributed by atoms with van der Waals surface area (Å²) in [6.07, 6.45) is 2.23. The Hall–Kier alpha value is -1.13. The summed E-state index contributed by atoms with van der Waals surface area (Å²) >= 11 is 5.67. The molecule has 0 aliphatic rings. The largest absolute Gasteiger partial charge is 0.349 e. The van der Waals surface area contributed by atoms with Crippen LogP contribution in [-0.4, -0.2) is 36.4 Å². The Balaban J connectivity index is 2.21. The van der Waals surface area contributed by atoms with Gasteiger partial charge in [0.2, 0.25) is 5.91 Å². The van der Waals surface area contributed by atoms with E-state index in [0.717, 1.165) is 5.56 Å². The van der Waals surface area contributed by atoms with Crippen molar-refractivity contribution >= 4 is 17.5 Å². The zero-order chi connectivity index (χ0) is 12.0. The molecule has 1 aromatic heterocycles. The standard InChI is InChI=1S/C11H16ClN3O/c1-15(2)11(16)5-6-13-7-9-3-4-10(12)14-8-9/h3-4,8,13H,5-7H2,1-2H3. The molecule has 1 N–H and O–H groups in total. The molecule has 0 radical (unpaired) electrons. The molecule has 1 rings (SSSR count). The van der Waals surface area contributed by atoms with E-state index in [9.17, 15) is 4.79 Å². The molecule has 16 heavy (non-hydrogen) atoms. The minimum Gasteiger partial charge on any atom is -0.349 e. The van der Waals surface area contributed by atoms with E-state index in [1.165, 1.54) is 0 Å². The van der Waals surface area contributed by atoms with Gasteiger partial charge in [-0.3, -0.25) is 4.79 Å². The molecule has 1 amide bonds. The van der Waals surface area contributed by atoms with Gasteiger partial charge in [0, 0.05) is 39.8 Å². The number of nitrogens with zero attached hydrogens (tertiary/aromatic N) is 2. The van der Waals surface area contributed by atoms with Gasteiger partial charge in [-0.2, -0.15) is 0 Å². The number of hydrogen-bond donors (Lipinski definition) is 1. The van der Waals surface area contributed by atoms with Crippen LogP contribution in [0.25, 0.3) is 0 Å². The van der Waals surface area contributed by atoms with Crippen molar-refractivity contribution < 1.29 is 4.79 Å². The smallest absolute Gasteiger partial charge is 0.223 e. The lowest BCUT2D eigenvalue weighted by molar-refractivity contribution is -0.128. The molecule has 0 spiro atoms. The molecule has 0 bridgehead atoms. The van der Waals surface area contributed by atoms with Gasteiger partial charge in [0.15, 0.2) is 0 Å². The quantitative estimate of drug-likeness (QED) is 0.625. The van der Waals surface area contributed by atoms with Crippen LogP contribution in [0.15, 0.2) is 18.3 Å². The molecule has 0 aliphatic carbocycles. The lowest BCUT2D eigenvalue weighted by Gasteiger charge is -2.10. The molecule has 1 heterocycles. The highest BCUT2D eigenvalue weighted by Crippen LogP contribution is 2.04. The van der Waals surface area contributed by atoms with Crippen LogP contribution in [0.5, 0.6) is 0 Å². The zero-order valence-corrected chi connectivity index (χ0v) is 10.3. The summed E-state index contributed by atoms with van der Waals surface area (Å²) in [5, 5.41) is 3.67. The van der Waals surface area contributed by atoms with Crippen molar-refractivity contribution in [2.24, 2.45) is 0 Å². The molecule has 0 aliphatic heterocycles. The molecule has 4 nitrogen and oxygen atoms in total. The van der Waals surface area contributed by atoms with Gasteiger partial charge in [0.05, 0.1) is 0 Å². The maximum absolute atomic E-state index is 11.3. The minimum atomic E-state index is 0.127. The average molecular weight is 242 g/mol. The first kappa shape index (κ1) is 12.9. The molecule has 5 heteroatoms. The van der Waals surface area contributed by atoms with E-state index < -0.39 is 0 Å². The minimum absolute atomic E-state index is 0.127. The van der Waals surface area contributed by atoms with E-state index in [1.54, 1.807) is 31.3 Å². The lowest BCUT2D eigenvalue weighted by Crippen LogP contribution is -2.26. The number of carbonyl (C=O) groups excluding carboxylic acids is 1. The van der Waals surface area contributed by atoms with E-state index in [0.29, 0.717) is 24.7 Å². The van der Waals surface area contributed by atoms with Gasteiger partial charge < -0.3 is 10.2 Å². The summed E-state index contributed by atoms with van der Waals surface area (Å²) in [7, 11) is 3.51. The molecule has 0 unspecified atom stereocenters. The van der Waals surface area contributed by atoms with Gasteiger partial charge in [-0.25, -0.2) is 4.98 Å². The molecule has 0 fully saturated rings. The summed E-state index contributed by atoms with van der Waals surface area (Å²) in [6.45, 7) is 1.37. The third kappa shape index (κ3) is 4.59. The Labute approximate surface area is 101 Å². The van der Waals surface area contributed by atoms with Gasteiger partial charge in [-0.1, -0.05) is 17.7 Å². The van der Waals surface area contributed by atoms with Gasteiger partial charge in [-0.15, -0.1) is 0 Å². The number of aromatic nitrogens is 1. The van der Waals surface area contributed by atoms with Crippen molar-refractivity contribution in [1.29, 1.82) is 0 Å². The topological polar surface area (TPSA) is 45.2 Å². The van der Waals surface area contributed by atoms with Crippen LogP contribution in [0.1, 0.15) is 12.0 Å². The molecular formula is C11H16ClN3O. The highest BCUT2D eigenvalue weighted by Gasteiger charge is 2.02. The van der Waals surface area contributed by atoms with E-state index in [4.69, 9.17) is 11.6 Å². The third-order valence-electron chi connectivity index (χ3n) is 2.13. The van der Waals surface area contributed by atoms with Gasteiger partial charge in [-0.05, 0) is 11.6 Å². The Morgan fingerprint density at radius 3 is 2.81 bits per heavy atom. The molecule has 0 aromatic carbocycles. The molecule has 88 valence electrons. The van der Waals surface area contributed by atoms with Crippen LogP contribution < -0.4 is 5.32 Å². The SMILES string of the molecule is CN(C)C(=O)CCNCc1ccc(Cl)nc1. The summed E-state index contributed by atoms with van der Waals surface area (Å²) in [4.78, 5) is 16.8. The molecular weight excluding hydrogens is 226 g/mol. The number of pyridine rings is 1.